The third-order valence-corrected chi connectivity index (χ3v) is 4.42. The Morgan fingerprint density at radius 2 is 1.92 bits per heavy atom. The molecule has 5 nitrogen and oxygen atoms in total. The SMILES string of the molecule is COc1c(C(=O)N=O)n(Cc2ccc(C)cc2)c2ccc(Br)cc12. The number of aromatic nitrogens is 1. The number of halogens is 1. The van der Waals surface area contributed by atoms with E-state index < -0.39 is 5.91 Å². The third-order valence-electron chi connectivity index (χ3n) is 3.93. The number of nitroso groups, excluding NO2 is 1. The lowest BCUT2D eigenvalue weighted by atomic mass is 10.1. The van der Waals surface area contributed by atoms with E-state index in [1.54, 1.807) is 4.57 Å². The molecule has 2 aromatic carbocycles. The molecule has 24 heavy (non-hydrogen) atoms. The Morgan fingerprint density at radius 1 is 1.21 bits per heavy atom. The second-order valence-electron chi connectivity index (χ2n) is 5.51. The first-order valence-corrected chi connectivity index (χ1v) is 8.13. The van der Waals surface area contributed by atoms with Crippen LogP contribution in [0.3, 0.4) is 0 Å². The molecule has 122 valence electrons. The Bertz CT molecular complexity index is 930. The number of benzene rings is 2. The van der Waals surface area contributed by atoms with Crippen LogP contribution in [0.1, 0.15) is 21.6 Å². The summed E-state index contributed by atoms with van der Waals surface area (Å²) in [6.07, 6.45) is 0. The highest BCUT2D eigenvalue weighted by Gasteiger charge is 2.24. The Balaban J connectivity index is 2.25. The number of hydrogen-bond donors (Lipinski definition) is 0. The van der Waals surface area contributed by atoms with Gasteiger partial charge in [-0.15, -0.1) is 4.91 Å². The van der Waals surface area contributed by atoms with Crippen molar-refractivity contribution < 1.29 is 9.53 Å². The molecule has 0 radical (unpaired) electrons. The molecule has 3 aromatic rings. The van der Waals surface area contributed by atoms with E-state index in [1.807, 2.05) is 49.4 Å². The molecule has 0 aliphatic heterocycles. The van der Waals surface area contributed by atoms with Gasteiger partial charge in [0.1, 0.15) is 0 Å². The second kappa shape index (κ2) is 6.57. The monoisotopic (exact) mass is 386 g/mol. The van der Waals surface area contributed by atoms with Crippen molar-refractivity contribution in [3.8, 4) is 5.75 Å². The van der Waals surface area contributed by atoms with E-state index in [9.17, 15) is 9.70 Å². The van der Waals surface area contributed by atoms with E-state index in [0.29, 0.717) is 12.3 Å². The molecule has 0 bridgehead atoms. The van der Waals surface area contributed by atoms with Crippen LogP contribution in [0.25, 0.3) is 10.9 Å². The van der Waals surface area contributed by atoms with Gasteiger partial charge in [-0.25, -0.2) is 0 Å². The fourth-order valence-electron chi connectivity index (χ4n) is 2.80. The number of hydrogen-bond acceptors (Lipinski definition) is 3. The summed E-state index contributed by atoms with van der Waals surface area (Å²) in [7, 11) is 1.48. The van der Waals surface area contributed by atoms with Gasteiger partial charge in [0.15, 0.2) is 11.4 Å². The van der Waals surface area contributed by atoms with E-state index in [0.717, 1.165) is 26.5 Å². The maximum Gasteiger partial charge on any atom is 0.336 e. The molecule has 3 rings (SSSR count). The van der Waals surface area contributed by atoms with Gasteiger partial charge < -0.3 is 9.30 Å². The molecule has 1 amide bonds. The number of carbonyl (C=O) groups excluding carboxylic acids is 1. The molecule has 0 atom stereocenters. The first-order chi connectivity index (χ1) is 11.5. The minimum Gasteiger partial charge on any atom is -0.494 e. The van der Waals surface area contributed by atoms with Crippen LogP contribution in [0.4, 0.5) is 0 Å². The van der Waals surface area contributed by atoms with Crippen LogP contribution in [-0.2, 0) is 6.54 Å². The van der Waals surface area contributed by atoms with E-state index >= 15 is 0 Å². The van der Waals surface area contributed by atoms with Gasteiger partial charge in [-0.3, -0.25) is 4.79 Å². The Morgan fingerprint density at radius 3 is 2.54 bits per heavy atom. The lowest BCUT2D eigenvalue weighted by Gasteiger charge is -2.09. The van der Waals surface area contributed by atoms with Crippen molar-refractivity contribution >= 4 is 32.7 Å². The molecular weight excluding hydrogens is 372 g/mol. The minimum absolute atomic E-state index is 0.168. The van der Waals surface area contributed by atoms with E-state index in [1.165, 1.54) is 7.11 Å². The van der Waals surface area contributed by atoms with Crippen LogP contribution in [0.5, 0.6) is 5.75 Å². The summed E-state index contributed by atoms with van der Waals surface area (Å²) in [6, 6.07) is 13.6. The lowest BCUT2D eigenvalue weighted by molar-refractivity contribution is 0.0989. The van der Waals surface area contributed by atoms with Gasteiger partial charge in [0, 0.05) is 21.6 Å². The topological polar surface area (TPSA) is 60.7 Å². The first-order valence-electron chi connectivity index (χ1n) is 7.34. The van der Waals surface area contributed by atoms with Crippen molar-refractivity contribution in [2.45, 2.75) is 13.5 Å². The highest BCUT2D eigenvalue weighted by atomic mass is 79.9. The zero-order valence-corrected chi connectivity index (χ0v) is 14.8. The summed E-state index contributed by atoms with van der Waals surface area (Å²) in [5, 5.41) is 3.36. The van der Waals surface area contributed by atoms with E-state index in [4.69, 9.17) is 4.74 Å². The molecule has 6 heteroatoms. The van der Waals surface area contributed by atoms with Crippen LogP contribution >= 0.6 is 15.9 Å². The average Bonchev–Trinajstić information content (AvgIpc) is 2.88. The lowest BCUT2D eigenvalue weighted by Crippen LogP contribution is -2.09. The maximum atomic E-state index is 12.1. The predicted octanol–water partition coefficient (Wildman–Crippen LogP) is 4.68. The van der Waals surface area contributed by atoms with Gasteiger partial charge in [-0.05, 0) is 30.7 Å². The highest BCUT2D eigenvalue weighted by molar-refractivity contribution is 9.10. The molecule has 0 fully saturated rings. The number of rotatable bonds is 4. The Kier molecular flexibility index (Phi) is 4.49. The second-order valence-corrected chi connectivity index (χ2v) is 6.43. The summed E-state index contributed by atoms with van der Waals surface area (Å²) in [5.74, 6) is -0.478. The molecule has 0 aliphatic carbocycles. The molecule has 0 unspecified atom stereocenters. The van der Waals surface area contributed by atoms with Crippen molar-refractivity contribution in [2.75, 3.05) is 7.11 Å². The van der Waals surface area contributed by atoms with Crippen molar-refractivity contribution in [3.05, 3.63) is 68.7 Å². The summed E-state index contributed by atoms with van der Waals surface area (Å²) in [5.41, 5.74) is 3.15. The maximum absolute atomic E-state index is 12.1. The predicted molar refractivity (Wildman–Crippen MR) is 96.6 cm³/mol. The average molecular weight is 387 g/mol. The number of ether oxygens (including phenoxy) is 1. The summed E-state index contributed by atoms with van der Waals surface area (Å²) >= 11 is 3.42. The molecule has 1 heterocycles. The van der Waals surface area contributed by atoms with Crippen LogP contribution < -0.4 is 4.74 Å². The highest BCUT2D eigenvalue weighted by Crippen LogP contribution is 2.36. The third kappa shape index (κ3) is 2.85. The van der Waals surface area contributed by atoms with Crippen molar-refractivity contribution in [2.24, 2.45) is 5.18 Å². The van der Waals surface area contributed by atoms with Crippen LogP contribution in [-0.4, -0.2) is 17.6 Å². The molecular formula is C18H15BrN2O3. The van der Waals surface area contributed by atoms with Gasteiger partial charge in [-0.1, -0.05) is 45.8 Å². The van der Waals surface area contributed by atoms with Crippen LogP contribution in [0.2, 0.25) is 0 Å². The molecule has 0 saturated carbocycles. The standard InChI is InChI=1S/C18H15BrN2O3/c1-11-3-5-12(6-4-11)10-21-15-8-7-13(19)9-14(15)17(24-2)16(21)18(22)20-23/h3-9H,10H2,1-2H3. The normalized spacial score (nSPS) is 10.8. The van der Waals surface area contributed by atoms with Gasteiger partial charge in [-0.2, -0.15) is 0 Å². The van der Waals surface area contributed by atoms with E-state index in [-0.39, 0.29) is 5.69 Å². The summed E-state index contributed by atoms with van der Waals surface area (Å²) in [6.45, 7) is 2.46. The smallest absolute Gasteiger partial charge is 0.336 e. The molecule has 1 aromatic heterocycles. The summed E-state index contributed by atoms with van der Waals surface area (Å²) in [4.78, 5) is 23.0. The van der Waals surface area contributed by atoms with Gasteiger partial charge in [0.2, 0.25) is 0 Å². The fraction of sp³-hybridized carbons (Fsp3) is 0.167. The largest absolute Gasteiger partial charge is 0.494 e. The van der Waals surface area contributed by atoms with Crippen molar-refractivity contribution in [3.63, 3.8) is 0 Å². The zero-order valence-electron chi connectivity index (χ0n) is 13.2. The number of fused-ring (bicyclic) bond motifs is 1. The summed E-state index contributed by atoms with van der Waals surface area (Å²) < 4.78 is 8.05. The molecule has 0 aliphatic rings. The number of aryl methyl sites for hydroxylation is 1. The van der Waals surface area contributed by atoms with Crippen LogP contribution in [0.15, 0.2) is 52.1 Å². The Hall–Kier alpha value is -2.47. The van der Waals surface area contributed by atoms with Crippen molar-refractivity contribution in [1.82, 2.24) is 4.57 Å². The Labute approximate surface area is 147 Å². The van der Waals surface area contributed by atoms with Gasteiger partial charge in [0.05, 0.1) is 12.6 Å². The van der Waals surface area contributed by atoms with E-state index in [2.05, 4.69) is 21.1 Å². The molecule has 0 spiro atoms. The first kappa shape index (κ1) is 16.4. The number of amides is 1. The molecule has 0 saturated heterocycles. The number of nitrogens with zero attached hydrogens (tertiary/aromatic N) is 2. The fourth-order valence-corrected chi connectivity index (χ4v) is 3.16. The van der Waals surface area contributed by atoms with Crippen molar-refractivity contribution in [1.29, 1.82) is 0 Å². The minimum atomic E-state index is -0.841. The quantitative estimate of drug-likeness (QED) is 0.611. The van der Waals surface area contributed by atoms with Crippen LogP contribution in [0, 0.1) is 11.8 Å². The number of methoxy groups -OCH3 is 1. The molecule has 0 N–H and O–H groups in total. The van der Waals surface area contributed by atoms with Gasteiger partial charge in [0.25, 0.3) is 0 Å². The van der Waals surface area contributed by atoms with Gasteiger partial charge >= 0.3 is 5.91 Å². The zero-order chi connectivity index (χ0) is 17.3. The number of carbonyl (C=O) groups is 1.